The standard InChI is InChI=1S/C20H24F2N8O4/c1-10(20(2,23)18(32)33)34-11-8-12(21)15(13(22)9-11)29-4-6-30(7-5-29)19-24-16-14(17(31)25-19)26-27-28(16)3/h8-10H,4-7,23H2,1-3H3,(H,32,33)(H,24,25,31)/t10?,20-/m0/s1. The summed E-state index contributed by atoms with van der Waals surface area (Å²) >= 11 is 0. The van der Waals surface area contributed by atoms with Crippen molar-refractivity contribution in [3.63, 3.8) is 0 Å². The molecule has 3 heterocycles. The summed E-state index contributed by atoms with van der Waals surface area (Å²) in [6.45, 7) is 3.88. The number of nitrogens with zero attached hydrogens (tertiary/aromatic N) is 6. The first-order valence-corrected chi connectivity index (χ1v) is 10.5. The number of aliphatic carboxylic acids is 1. The summed E-state index contributed by atoms with van der Waals surface area (Å²) in [5, 5.41) is 16.8. The molecule has 0 spiro atoms. The van der Waals surface area contributed by atoms with Gasteiger partial charge in [0.15, 0.2) is 22.8 Å². The van der Waals surface area contributed by atoms with Gasteiger partial charge in [-0.05, 0) is 13.8 Å². The number of halogens is 2. The van der Waals surface area contributed by atoms with Crippen LogP contribution in [0.1, 0.15) is 13.8 Å². The molecule has 3 aromatic rings. The number of ether oxygens (including phenoxy) is 1. The molecule has 0 amide bonds. The maximum atomic E-state index is 14.9. The number of rotatable bonds is 6. The van der Waals surface area contributed by atoms with Crippen molar-refractivity contribution in [2.75, 3.05) is 36.0 Å². The molecule has 0 bridgehead atoms. The second-order valence-corrected chi connectivity index (χ2v) is 8.33. The Balaban J connectivity index is 1.49. The highest BCUT2D eigenvalue weighted by molar-refractivity contribution is 5.78. The first kappa shape index (κ1) is 23.4. The lowest BCUT2D eigenvalue weighted by Gasteiger charge is -2.36. The van der Waals surface area contributed by atoms with Crippen molar-refractivity contribution in [2.24, 2.45) is 12.8 Å². The lowest BCUT2D eigenvalue weighted by molar-refractivity contribution is -0.145. The van der Waals surface area contributed by atoms with Crippen LogP contribution in [0.3, 0.4) is 0 Å². The van der Waals surface area contributed by atoms with E-state index in [1.165, 1.54) is 18.5 Å². The number of H-pyrrole nitrogens is 1. The van der Waals surface area contributed by atoms with E-state index in [1.54, 1.807) is 16.8 Å². The molecule has 1 aromatic carbocycles. The molecule has 2 atom stereocenters. The third-order valence-electron chi connectivity index (χ3n) is 5.95. The molecule has 1 aliphatic heterocycles. The molecule has 0 radical (unpaired) electrons. The van der Waals surface area contributed by atoms with E-state index in [4.69, 9.17) is 10.5 Å². The Morgan fingerprint density at radius 2 is 1.82 bits per heavy atom. The highest BCUT2D eigenvalue weighted by Crippen LogP contribution is 2.30. The fourth-order valence-corrected chi connectivity index (χ4v) is 3.62. The molecule has 34 heavy (non-hydrogen) atoms. The second kappa shape index (κ2) is 8.52. The highest BCUT2D eigenvalue weighted by atomic mass is 19.1. The van der Waals surface area contributed by atoms with E-state index in [0.29, 0.717) is 24.7 Å². The van der Waals surface area contributed by atoms with E-state index < -0.39 is 34.8 Å². The minimum atomic E-state index is -1.74. The van der Waals surface area contributed by atoms with Crippen molar-refractivity contribution in [1.29, 1.82) is 0 Å². The molecular weight excluding hydrogens is 454 g/mol. The fourth-order valence-electron chi connectivity index (χ4n) is 3.62. The summed E-state index contributed by atoms with van der Waals surface area (Å²) in [5.74, 6) is -2.84. The van der Waals surface area contributed by atoms with Gasteiger partial charge in [0.05, 0.1) is 0 Å². The number of anilines is 2. The number of aromatic nitrogens is 5. The van der Waals surface area contributed by atoms with Crippen LogP contribution in [0, 0.1) is 11.6 Å². The van der Waals surface area contributed by atoms with Crippen LogP contribution in [0.25, 0.3) is 11.2 Å². The number of fused-ring (bicyclic) bond motifs is 1. The number of benzene rings is 1. The molecular formula is C20H24F2N8O4. The molecule has 0 saturated carbocycles. The summed E-state index contributed by atoms with van der Waals surface area (Å²) in [7, 11) is 1.62. The van der Waals surface area contributed by atoms with Crippen molar-refractivity contribution in [1.82, 2.24) is 25.0 Å². The predicted octanol–water partition coefficient (Wildman–Crippen LogP) is 0.226. The minimum absolute atomic E-state index is 0.129. The van der Waals surface area contributed by atoms with Crippen LogP contribution in [0.5, 0.6) is 5.75 Å². The second-order valence-electron chi connectivity index (χ2n) is 8.33. The van der Waals surface area contributed by atoms with Crippen LogP contribution >= 0.6 is 0 Å². The van der Waals surface area contributed by atoms with Crippen LogP contribution < -0.4 is 25.8 Å². The summed E-state index contributed by atoms with van der Waals surface area (Å²) in [6.07, 6.45) is -1.04. The Morgan fingerprint density at radius 1 is 1.24 bits per heavy atom. The van der Waals surface area contributed by atoms with Gasteiger partial charge in [-0.2, -0.15) is 4.98 Å². The van der Waals surface area contributed by atoms with E-state index in [9.17, 15) is 23.5 Å². The summed E-state index contributed by atoms with van der Waals surface area (Å²) in [4.78, 5) is 33.9. The fraction of sp³-hybridized carbons (Fsp3) is 0.450. The molecule has 14 heteroatoms. The number of aryl methyl sites for hydroxylation is 1. The molecule has 1 fully saturated rings. The molecule has 2 aromatic heterocycles. The van der Waals surface area contributed by atoms with Gasteiger partial charge in [-0.3, -0.25) is 14.6 Å². The van der Waals surface area contributed by atoms with Gasteiger partial charge in [0.2, 0.25) is 5.95 Å². The van der Waals surface area contributed by atoms with Gasteiger partial charge in [-0.15, -0.1) is 5.10 Å². The average Bonchev–Trinajstić information content (AvgIpc) is 3.15. The van der Waals surface area contributed by atoms with Crippen LogP contribution in [-0.4, -0.2) is 73.9 Å². The van der Waals surface area contributed by atoms with Crippen molar-refractivity contribution >= 4 is 28.8 Å². The Kier molecular flexibility index (Phi) is 5.85. The maximum Gasteiger partial charge on any atom is 0.327 e. The molecule has 1 saturated heterocycles. The Bertz CT molecular complexity index is 1280. The number of nitrogens with one attached hydrogen (secondary N) is 1. The number of aromatic amines is 1. The first-order valence-electron chi connectivity index (χ1n) is 10.5. The van der Waals surface area contributed by atoms with Crippen LogP contribution in [0.2, 0.25) is 0 Å². The summed E-state index contributed by atoms with van der Waals surface area (Å²) in [5.41, 5.74) is 3.79. The molecule has 182 valence electrons. The number of carbonyl (C=O) groups is 1. The number of hydrogen-bond donors (Lipinski definition) is 3. The van der Waals surface area contributed by atoms with Gasteiger partial charge in [0.25, 0.3) is 5.56 Å². The van der Waals surface area contributed by atoms with E-state index >= 15 is 0 Å². The SMILES string of the molecule is CC(Oc1cc(F)c(N2CCN(c3nc4c(nnn4C)c(=O)[nH]3)CC2)c(F)c1)[C@](C)(N)C(=O)O. The zero-order chi connectivity index (χ0) is 24.8. The minimum Gasteiger partial charge on any atom is -0.488 e. The van der Waals surface area contributed by atoms with E-state index in [0.717, 1.165) is 12.1 Å². The van der Waals surface area contributed by atoms with E-state index in [2.05, 4.69) is 20.3 Å². The summed E-state index contributed by atoms with van der Waals surface area (Å²) < 4.78 is 36.5. The van der Waals surface area contributed by atoms with Crippen LogP contribution in [0.4, 0.5) is 20.4 Å². The number of carboxylic acid groups (broad SMARTS) is 1. The number of hydrogen-bond acceptors (Lipinski definition) is 9. The monoisotopic (exact) mass is 478 g/mol. The Morgan fingerprint density at radius 3 is 2.41 bits per heavy atom. The van der Waals surface area contributed by atoms with Crippen molar-refractivity contribution in [2.45, 2.75) is 25.5 Å². The molecule has 1 aliphatic rings. The Hall–Kier alpha value is -3.81. The molecule has 4 N–H and O–H groups in total. The summed E-state index contributed by atoms with van der Waals surface area (Å²) in [6, 6.07) is 2.00. The van der Waals surface area contributed by atoms with Crippen molar-refractivity contribution < 1.29 is 23.4 Å². The van der Waals surface area contributed by atoms with Crippen molar-refractivity contribution in [3.8, 4) is 5.75 Å². The molecule has 0 aliphatic carbocycles. The van der Waals surface area contributed by atoms with Crippen molar-refractivity contribution in [3.05, 3.63) is 34.1 Å². The molecule has 1 unspecified atom stereocenters. The van der Waals surface area contributed by atoms with Crippen LogP contribution in [-0.2, 0) is 11.8 Å². The smallest absolute Gasteiger partial charge is 0.327 e. The first-order chi connectivity index (χ1) is 16.0. The van der Waals surface area contributed by atoms with Gasteiger partial charge in [-0.25, -0.2) is 13.5 Å². The van der Waals surface area contributed by atoms with Gasteiger partial charge in [0.1, 0.15) is 23.1 Å². The van der Waals surface area contributed by atoms with Gasteiger partial charge < -0.3 is 25.4 Å². The predicted molar refractivity (Wildman–Crippen MR) is 118 cm³/mol. The normalized spacial score (nSPS) is 17.0. The lowest BCUT2D eigenvalue weighted by atomic mass is 9.97. The zero-order valence-corrected chi connectivity index (χ0v) is 18.7. The lowest BCUT2D eigenvalue weighted by Crippen LogP contribution is -2.55. The van der Waals surface area contributed by atoms with Gasteiger partial charge >= 0.3 is 5.97 Å². The largest absolute Gasteiger partial charge is 0.488 e. The van der Waals surface area contributed by atoms with Crippen LogP contribution in [0.15, 0.2) is 16.9 Å². The highest BCUT2D eigenvalue weighted by Gasteiger charge is 2.37. The third kappa shape index (κ3) is 4.11. The van der Waals surface area contributed by atoms with Gasteiger partial charge in [-0.1, -0.05) is 5.21 Å². The van der Waals surface area contributed by atoms with Gasteiger partial charge in [0, 0.05) is 45.4 Å². The number of piperazine rings is 1. The van der Waals surface area contributed by atoms with E-state index in [1.807, 2.05) is 0 Å². The number of nitrogens with two attached hydrogens (primary N) is 1. The molecule has 4 rings (SSSR count). The number of carboxylic acids is 1. The average molecular weight is 478 g/mol. The zero-order valence-electron chi connectivity index (χ0n) is 18.7. The third-order valence-corrected chi connectivity index (χ3v) is 5.95. The topological polar surface area (TPSA) is 155 Å². The quantitative estimate of drug-likeness (QED) is 0.448. The molecule has 12 nitrogen and oxygen atoms in total. The van der Waals surface area contributed by atoms with E-state index in [-0.39, 0.29) is 30.0 Å². The Labute approximate surface area is 191 Å². The maximum absolute atomic E-state index is 14.9.